The normalized spacial score (nSPS) is 18.9. The number of nitrogens with zero attached hydrogens (tertiary/aromatic N) is 2. The van der Waals surface area contributed by atoms with E-state index in [0.29, 0.717) is 5.56 Å². The number of rotatable bonds is 3. The molecule has 100 valence electrons. The Bertz CT molecular complexity index is 525. The van der Waals surface area contributed by atoms with Crippen molar-refractivity contribution in [3.05, 3.63) is 28.2 Å². The van der Waals surface area contributed by atoms with Gasteiger partial charge in [-0.3, -0.25) is 4.79 Å². The highest BCUT2D eigenvalue weighted by Gasteiger charge is 2.26. The van der Waals surface area contributed by atoms with Gasteiger partial charge in [-0.2, -0.15) is 5.26 Å². The Morgan fingerprint density at radius 1 is 1.53 bits per heavy atom. The molecule has 1 aliphatic heterocycles. The minimum atomic E-state index is -0.787. The number of carbonyl (C=O) groups is 1. The van der Waals surface area contributed by atoms with Gasteiger partial charge in [0.25, 0.3) is 0 Å². The van der Waals surface area contributed by atoms with Crippen molar-refractivity contribution in [3.8, 4) is 6.07 Å². The summed E-state index contributed by atoms with van der Waals surface area (Å²) in [4.78, 5) is 13.0. The number of halogens is 1. The second-order valence-corrected chi connectivity index (χ2v) is 5.63. The fraction of sp³-hybridized carbons (Fsp3) is 0.429. The molecule has 19 heavy (non-hydrogen) atoms. The van der Waals surface area contributed by atoms with Gasteiger partial charge in [0.2, 0.25) is 0 Å². The average molecular weight is 323 g/mol. The Kier molecular flexibility index (Phi) is 4.43. The molecule has 1 aliphatic rings. The molecule has 5 heteroatoms. The third-order valence-corrected chi connectivity index (χ3v) is 3.92. The van der Waals surface area contributed by atoms with Crippen LogP contribution in [-0.2, 0) is 4.79 Å². The molecule has 1 unspecified atom stereocenters. The van der Waals surface area contributed by atoms with Gasteiger partial charge in [0, 0.05) is 17.1 Å². The Morgan fingerprint density at radius 3 is 3.00 bits per heavy atom. The van der Waals surface area contributed by atoms with Gasteiger partial charge in [-0.15, -0.1) is 0 Å². The average Bonchev–Trinajstić information content (AvgIpc) is 2.38. The van der Waals surface area contributed by atoms with Gasteiger partial charge in [-0.25, -0.2) is 0 Å². The molecule has 0 aromatic heterocycles. The SMILES string of the molecule is N#Cc1ccc(Br)cc1N1CCCCC1CC(=O)O. The van der Waals surface area contributed by atoms with Crippen LogP contribution in [-0.4, -0.2) is 23.7 Å². The van der Waals surface area contributed by atoms with Crippen molar-refractivity contribution in [2.24, 2.45) is 0 Å². The number of benzene rings is 1. The van der Waals surface area contributed by atoms with E-state index in [1.165, 1.54) is 0 Å². The van der Waals surface area contributed by atoms with Crippen LogP contribution in [0.4, 0.5) is 5.69 Å². The number of hydrogen-bond acceptors (Lipinski definition) is 3. The van der Waals surface area contributed by atoms with E-state index in [-0.39, 0.29) is 12.5 Å². The molecule has 0 aliphatic carbocycles. The first kappa shape index (κ1) is 13.9. The second kappa shape index (κ2) is 6.07. The first-order valence-corrected chi connectivity index (χ1v) is 7.09. The molecule has 4 nitrogen and oxygen atoms in total. The molecule has 1 atom stereocenters. The van der Waals surface area contributed by atoms with Crippen molar-refractivity contribution in [3.63, 3.8) is 0 Å². The van der Waals surface area contributed by atoms with Crippen molar-refractivity contribution in [1.82, 2.24) is 0 Å². The van der Waals surface area contributed by atoms with E-state index in [2.05, 4.69) is 26.9 Å². The fourth-order valence-corrected chi connectivity index (χ4v) is 2.92. The molecule has 0 bridgehead atoms. The predicted octanol–water partition coefficient (Wildman–Crippen LogP) is 3.15. The summed E-state index contributed by atoms with van der Waals surface area (Å²) in [6.07, 6.45) is 3.07. The highest BCUT2D eigenvalue weighted by atomic mass is 79.9. The first-order chi connectivity index (χ1) is 9.11. The first-order valence-electron chi connectivity index (χ1n) is 6.30. The third kappa shape index (κ3) is 3.27. The van der Waals surface area contributed by atoms with E-state index in [1.54, 1.807) is 6.07 Å². The molecule has 2 rings (SSSR count). The zero-order chi connectivity index (χ0) is 13.8. The molecule has 1 aromatic rings. The highest BCUT2D eigenvalue weighted by Crippen LogP contribution is 2.31. The summed E-state index contributed by atoms with van der Waals surface area (Å²) in [5, 5.41) is 18.2. The lowest BCUT2D eigenvalue weighted by atomic mass is 9.97. The van der Waals surface area contributed by atoms with E-state index >= 15 is 0 Å². The molecule has 1 aromatic carbocycles. The van der Waals surface area contributed by atoms with Crippen LogP contribution in [0.1, 0.15) is 31.2 Å². The summed E-state index contributed by atoms with van der Waals surface area (Å²) in [7, 11) is 0. The van der Waals surface area contributed by atoms with Crippen LogP contribution in [0.2, 0.25) is 0 Å². The van der Waals surface area contributed by atoms with Gasteiger partial charge >= 0.3 is 5.97 Å². The quantitative estimate of drug-likeness (QED) is 0.928. The fourth-order valence-electron chi connectivity index (χ4n) is 2.57. The smallest absolute Gasteiger partial charge is 0.305 e. The minimum Gasteiger partial charge on any atom is -0.481 e. The van der Waals surface area contributed by atoms with Gasteiger partial charge in [-0.05, 0) is 37.5 Å². The molecule has 0 radical (unpaired) electrons. The number of nitriles is 1. The van der Waals surface area contributed by atoms with Crippen LogP contribution < -0.4 is 4.90 Å². The lowest BCUT2D eigenvalue weighted by molar-refractivity contribution is -0.137. The zero-order valence-corrected chi connectivity index (χ0v) is 12.1. The monoisotopic (exact) mass is 322 g/mol. The molecule has 0 amide bonds. The summed E-state index contributed by atoms with van der Waals surface area (Å²) >= 11 is 3.41. The van der Waals surface area contributed by atoms with Crippen LogP contribution in [0.25, 0.3) is 0 Å². The van der Waals surface area contributed by atoms with E-state index in [0.717, 1.165) is 36.0 Å². The largest absolute Gasteiger partial charge is 0.481 e. The topological polar surface area (TPSA) is 64.3 Å². The number of piperidine rings is 1. The third-order valence-electron chi connectivity index (χ3n) is 3.43. The number of carboxylic acids is 1. The molecule has 1 heterocycles. The molecular weight excluding hydrogens is 308 g/mol. The van der Waals surface area contributed by atoms with Crippen molar-refractivity contribution in [2.75, 3.05) is 11.4 Å². The lowest BCUT2D eigenvalue weighted by Gasteiger charge is -2.37. The second-order valence-electron chi connectivity index (χ2n) is 4.71. The predicted molar refractivity (Wildman–Crippen MR) is 76.1 cm³/mol. The molecule has 0 spiro atoms. The summed E-state index contributed by atoms with van der Waals surface area (Å²) in [5.74, 6) is -0.787. The number of carboxylic acid groups (broad SMARTS) is 1. The lowest BCUT2D eigenvalue weighted by Crippen LogP contribution is -2.41. The van der Waals surface area contributed by atoms with Crippen molar-refractivity contribution < 1.29 is 9.90 Å². The number of aliphatic carboxylic acids is 1. The number of anilines is 1. The standard InChI is InChI=1S/C14H15BrN2O2/c15-11-5-4-10(9-16)13(7-11)17-6-2-1-3-12(17)8-14(18)19/h4-5,7,12H,1-3,6,8H2,(H,18,19). The van der Waals surface area contributed by atoms with Gasteiger partial charge in [0.15, 0.2) is 0 Å². The van der Waals surface area contributed by atoms with E-state index in [9.17, 15) is 10.1 Å². The number of hydrogen-bond donors (Lipinski definition) is 1. The van der Waals surface area contributed by atoms with E-state index in [1.807, 2.05) is 12.1 Å². The Balaban J connectivity index is 2.34. The van der Waals surface area contributed by atoms with Crippen LogP contribution in [0.3, 0.4) is 0 Å². The van der Waals surface area contributed by atoms with Crippen LogP contribution in [0.15, 0.2) is 22.7 Å². The van der Waals surface area contributed by atoms with Crippen LogP contribution in [0, 0.1) is 11.3 Å². The van der Waals surface area contributed by atoms with Gasteiger partial charge in [0.1, 0.15) is 6.07 Å². The maximum absolute atomic E-state index is 11.0. The maximum Gasteiger partial charge on any atom is 0.305 e. The Hall–Kier alpha value is -1.54. The van der Waals surface area contributed by atoms with E-state index < -0.39 is 5.97 Å². The summed E-state index contributed by atoms with van der Waals surface area (Å²) in [6.45, 7) is 0.809. The molecule has 1 saturated heterocycles. The minimum absolute atomic E-state index is 0.0207. The molecule has 0 saturated carbocycles. The van der Waals surface area contributed by atoms with Crippen molar-refractivity contribution in [2.45, 2.75) is 31.7 Å². The van der Waals surface area contributed by atoms with Crippen molar-refractivity contribution in [1.29, 1.82) is 5.26 Å². The molecule has 1 fully saturated rings. The van der Waals surface area contributed by atoms with Gasteiger partial charge in [-0.1, -0.05) is 15.9 Å². The van der Waals surface area contributed by atoms with Crippen LogP contribution in [0.5, 0.6) is 0 Å². The van der Waals surface area contributed by atoms with Crippen LogP contribution >= 0.6 is 15.9 Å². The van der Waals surface area contributed by atoms with Gasteiger partial charge in [0.05, 0.1) is 17.7 Å². The zero-order valence-electron chi connectivity index (χ0n) is 10.5. The Labute approximate surface area is 120 Å². The molecule has 1 N–H and O–H groups in total. The summed E-state index contributed by atoms with van der Waals surface area (Å²) in [6, 6.07) is 7.67. The Morgan fingerprint density at radius 2 is 2.32 bits per heavy atom. The molecular formula is C14H15BrN2O2. The van der Waals surface area contributed by atoms with Crippen molar-refractivity contribution >= 4 is 27.6 Å². The summed E-state index contributed by atoms with van der Waals surface area (Å²) < 4.78 is 0.904. The summed E-state index contributed by atoms with van der Waals surface area (Å²) in [5.41, 5.74) is 1.43. The highest BCUT2D eigenvalue weighted by molar-refractivity contribution is 9.10. The maximum atomic E-state index is 11.0. The van der Waals surface area contributed by atoms with Gasteiger partial charge < -0.3 is 10.0 Å². The van der Waals surface area contributed by atoms with E-state index in [4.69, 9.17) is 5.11 Å².